The third kappa shape index (κ3) is 4.11. The first-order valence-corrected chi connectivity index (χ1v) is 8.00. The molecule has 0 aliphatic heterocycles. The first-order valence-electron chi connectivity index (χ1n) is 8.00. The molecule has 0 bridgehead atoms. The van der Waals surface area contributed by atoms with E-state index < -0.39 is 11.9 Å². The largest absolute Gasteiger partial charge is 0.394 e. The van der Waals surface area contributed by atoms with Crippen molar-refractivity contribution in [2.45, 2.75) is 6.04 Å². The first kappa shape index (κ1) is 16.9. The van der Waals surface area contributed by atoms with Crippen LogP contribution in [0.2, 0.25) is 0 Å². The van der Waals surface area contributed by atoms with Crippen molar-refractivity contribution < 1.29 is 14.3 Å². The Morgan fingerprint density at radius 3 is 2.52 bits per heavy atom. The standard InChI is InChI=1S/C21H18FNO2/c22-19-8-4-3-6-16(19)11-12-21(25)23-20(14-24)18-10-9-15-5-1-2-7-17(15)13-18/h1-13,20,24H,14H2,(H,23,25)/b12-11+. The lowest BCUT2D eigenvalue weighted by molar-refractivity contribution is -0.117. The van der Waals surface area contributed by atoms with Gasteiger partial charge in [-0.1, -0.05) is 54.6 Å². The number of carbonyl (C=O) groups excluding carboxylic acids is 1. The Balaban J connectivity index is 1.74. The van der Waals surface area contributed by atoms with Crippen molar-refractivity contribution >= 4 is 22.8 Å². The summed E-state index contributed by atoms with van der Waals surface area (Å²) in [4.78, 5) is 12.1. The molecule has 0 aromatic heterocycles. The molecule has 4 heteroatoms. The fraction of sp³-hybridized carbons (Fsp3) is 0.0952. The van der Waals surface area contributed by atoms with Crippen molar-refractivity contribution in [1.82, 2.24) is 5.32 Å². The molecule has 0 radical (unpaired) electrons. The summed E-state index contributed by atoms with van der Waals surface area (Å²) in [7, 11) is 0. The maximum Gasteiger partial charge on any atom is 0.244 e. The number of hydrogen-bond acceptors (Lipinski definition) is 2. The summed E-state index contributed by atoms with van der Waals surface area (Å²) in [6.45, 7) is -0.225. The van der Waals surface area contributed by atoms with Gasteiger partial charge in [-0.05, 0) is 34.5 Å². The van der Waals surface area contributed by atoms with Crippen molar-refractivity contribution in [1.29, 1.82) is 0 Å². The number of aliphatic hydroxyl groups is 1. The fourth-order valence-electron chi connectivity index (χ4n) is 2.65. The van der Waals surface area contributed by atoms with Crippen LogP contribution in [-0.4, -0.2) is 17.6 Å². The molecule has 0 aliphatic carbocycles. The Hall–Kier alpha value is -2.98. The van der Waals surface area contributed by atoms with Crippen molar-refractivity contribution in [2.24, 2.45) is 0 Å². The molecule has 25 heavy (non-hydrogen) atoms. The summed E-state index contributed by atoms with van der Waals surface area (Å²) in [5.41, 5.74) is 1.15. The van der Waals surface area contributed by atoms with Crippen LogP contribution in [0.4, 0.5) is 4.39 Å². The highest BCUT2D eigenvalue weighted by atomic mass is 19.1. The molecular formula is C21H18FNO2. The minimum Gasteiger partial charge on any atom is -0.394 e. The summed E-state index contributed by atoms with van der Waals surface area (Å²) in [6, 6.07) is 19.3. The molecule has 126 valence electrons. The molecule has 1 unspecified atom stereocenters. The van der Waals surface area contributed by atoms with E-state index in [9.17, 15) is 14.3 Å². The molecule has 3 aromatic rings. The number of amides is 1. The highest BCUT2D eigenvalue weighted by Gasteiger charge is 2.12. The first-order chi connectivity index (χ1) is 12.2. The van der Waals surface area contributed by atoms with Gasteiger partial charge >= 0.3 is 0 Å². The van der Waals surface area contributed by atoms with Crippen LogP contribution in [0.15, 0.2) is 72.8 Å². The summed E-state index contributed by atoms with van der Waals surface area (Å²) >= 11 is 0. The van der Waals surface area contributed by atoms with Gasteiger partial charge in [0.15, 0.2) is 0 Å². The van der Waals surface area contributed by atoms with Crippen LogP contribution in [0.3, 0.4) is 0 Å². The van der Waals surface area contributed by atoms with Gasteiger partial charge in [-0.15, -0.1) is 0 Å². The smallest absolute Gasteiger partial charge is 0.244 e. The molecule has 1 amide bonds. The van der Waals surface area contributed by atoms with Gasteiger partial charge in [0.1, 0.15) is 5.82 Å². The zero-order chi connectivity index (χ0) is 17.6. The molecule has 0 saturated carbocycles. The molecule has 0 saturated heterocycles. The van der Waals surface area contributed by atoms with Crippen LogP contribution < -0.4 is 5.32 Å². The topological polar surface area (TPSA) is 49.3 Å². The minimum absolute atomic E-state index is 0.225. The summed E-state index contributed by atoms with van der Waals surface area (Å²) < 4.78 is 13.6. The van der Waals surface area contributed by atoms with Crippen molar-refractivity contribution in [3.8, 4) is 0 Å². The van der Waals surface area contributed by atoms with Crippen molar-refractivity contribution in [2.75, 3.05) is 6.61 Å². The van der Waals surface area contributed by atoms with E-state index in [-0.39, 0.29) is 12.4 Å². The SMILES string of the molecule is O=C(/C=C/c1ccccc1F)NC(CO)c1ccc2ccccc2c1. The Kier molecular flexibility index (Phi) is 5.21. The average Bonchev–Trinajstić information content (AvgIpc) is 2.65. The number of benzene rings is 3. The Labute approximate surface area is 145 Å². The molecule has 3 nitrogen and oxygen atoms in total. The second kappa shape index (κ2) is 7.73. The van der Waals surface area contributed by atoms with Gasteiger partial charge in [-0.2, -0.15) is 0 Å². The molecule has 0 fully saturated rings. The van der Waals surface area contributed by atoms with Gasteiger partial charge < -0.3 is 10.4 Å². The fourth-order valence-corrected chi connectivity index (χ4v) is 2.65. The normalized spacial score (nSPS) is 12.4. The van der Waals surface area contributed by atoms with E-state index in [1.165, 1.54) is 18.2 Å². The molecule has 2 N–H and O–H groups in total. The van der Waals surface area contributed by atoms with Gasteiger partial charge in [-0.25, -0.2) is 4.39 Å². The van der Waals surface area contributed by atoms with E-state index >= 15 is 0 Å². The summed E-state index contributed by atoms with van der Waals surface area (Å²) in [5, 5.41) is 14.5. The molecule has 1 atom stereocenters. The lowest BCUT2D eigenvalue weighted by Gasteiger charge is -2.16. The van der Waals surface area contributed by atoms with Crippen LogP contribution >= 0.6 is 0 Å². The van der Waals surface area contributed by atoms with Crippen molar-refractivity contribution in [3.63, 3.8) is 0 Å². The van der Waals surface area contributed by atoms with E-state index in [1.54, 1.807) is 18.2 Å². The maximum absolute atomic E-state index is 13.6. The number of hydrogen-bond donors (Lipinski definition) is 2. The van der Waals surface area contributed by atoms with Crippen LogP contribution in [0.1, 0.15) is 17.2 Å². The zero-order valence-corrected chi connectivity index (χ0v) is 13.5. The van der Waals surface area contributed by atoms with Gasteiger partial charge in [0, 0.05) is 11.6 Å². The number of nitrogens with one attached hydrogen (secondary N) is 1. The predicted molar refractivity (Wildman–Crippen MR) is 97.4 cm³/mol. The van der Waals surface area contributed by atoms with Gasteiger partial charge in [0.05, 0.1) is 12.6 Å². The second-order valence-electron chi connectivity index (χ2n) is 5.71. The third-order valence-corrected chi connectivity index (χ3v) is 3.99. The monoisotopic (exact) mass is 335 g/mol. The summed E-state index contributed by atoms with van der Waals surface area (Å²) in [5.74, 6) is -0.782. The second-order valence-corrected chi connectivity index (χ2v) is 5.71. The minimum atomic E-state index is -0.526. The lowest BCUT2D eigenvalue weighted by Crippen LogP contribution is -2.29. The Morgan fingerprint density at radius 2 is 1.76 bits per heavy atom. The van der Waals surface area contributed by atoms with Gasteiger partial charge in [0.2, 0.25) is 5.91 Å². The predicted octanol–water partition coefficient (Wildman–Crippen LogP) is 3.84. The molecule has 3 aromatic carbocycles. The van der Waals surface area contributed by atoms with Crippen LogP contribution in [0.5, 0.6) is 0 Å². The highest BCUT2D eigenvalue weighted by Crippen LogP contribution is 2.20. The van der Waals surface area contributed by atoms with E-state index in [1.807, 2.05) is 42.5 Å². The van der Waals surface area contributed by atoms with Gasteiger partial charge in [0.25, 0.3) is 0 Å². The number of rotatable bonds is 5. The zero-order valence-electron chi connectivity index (χ0n) is 13.5. The Bertz CT molecular complexity index is 920. The van der Waals surface area contributed by atoms with Crippen molar-refractivity contribution in [3.05, 3.63) is 89.8 Å². The van der Waals surface area contributed by atoms with E-state index in [2.05, 4.69) is 5.32 Å². The van der Waals surface area contributed by atoms with Crippen LogP contribution in [0.25, 0.3) is 16.8 Å². The van der Waals surface area contributed by atoms with E-state index in [0.717, 1.165) is 16.3 Å². The molecular weight excluding hydrogens is 317 g/mol. The van der Waals surface area contributed by atoms with Crippen LogP contribution in [0, 0.1) is 5.82 Å². The van der Waals surface area contributed by atoms with Gasteiger partial charge in [-0.3, -0.25) is 4.79 Å². The lowest BCUT2D eigenvalue weighted by atomic mass is 10.0. The molecule has 0 heterocycles. The number of carbonyl (C=O) groups is 1. The highest BCUT2D eigenvalue weighted by molar-refractivity contribution is 5.92. The quantitative estimate of drug-likeness (QED) is 0.696. The van der Waals surface area contributed by atoms with E-state index in [0.29, 0.717) is 5.56 Å². The Morgan fingerprint density at radius 1 is 1.04 bits per heavy atom. The number of halogens is 1. The number of fused-ring (bicyclic) bond motifs is 1. The van der Waals surface area contributed by atoms with Crippen LogP contribution in [-0.2, 0) is 4.79 Å². The molecule has 0 aliphatic rings. The molecule has 0 spiro atoms. The average molecular weight is 335 g/mol. The van der Waals surface area contributed by atoms with E-state index in [4.69, 9.17) is 0 Å². The number of aliphatic hydroxyl groups excluding tert-OH is 1. The molecule has 3 rings (SSSR count). The summed E-state index contributed by atoms with van der Waals surface area (Å²) in [6.07, 6.45) is 2.68. The third-order valence-electron chi connectivity index (χ3n) is 3.99. The maximum atomic E-state index is 13.6.